The van der Waals surface area contributed by atoms with Gasteiger partial charge >= 0.3 is 6.03 Å². The molecule has 0 unspecified atom stereocenters. The van der Waals surface area contributed by atoms with Crippen molar-refractivity contribution in [2.45, 2.75) is 6.54 Å². The molecule has 0 saturated heterocycles. The van der Waals surface area contributed by atoms with Gasteiger partial charge in [-0.15, -0.1) is 0 Å². The molecule has 7 heteroatoms. The maximum absolute atomic E-state index is 12.1. The number of anilines is 1. The Balaban J connectivity index is 1.73. The summed E-state index contributed by atoms with van der Waals surface area (Å²) in [6.45, 7) is 0.205. The van der Waals surface area contributed by atoms with E-state index in [1.807, 2.05) is 12.1 Å². The van der Waals surface area contributed by atoms with E-state index in [-0.39, 0.29) is 18.1 Å². The molecular weight excluding hydrogens is 320 g/mol. The van der Waals surface area contributed by atoms with Crippen LogP contribution in [-0.2, 0) is 13.6 Å². The molecule has 7 nitrogen and oxygen atoms in total. The topological polar surface area (TPSA) is 85.2 Å². The molecule has 25 heavy (non-hydrogen) atoms. The number of hydrogen-bond acceptors (Lipinski definition) is 4. The van der Waals surface area contributed by atoms with Gasteiger partial charge in [0.15, 0.2) is 0 Å². The van der Waals surface area contributed by atoms with Crippen LogP contribution in [0.3, 0.4) is 0 Å². The normalized spacial score (nSPS) is 10.5. The number of hydrogen-bond donors (Lipinski definition) is 2. The van der Waals surface area contributed by atoms with Crippen LogP contribution >= 0.6 is 0 Å². The minimum absolute atomic E-state index is 0.165. The highest BCUT2D eigenvalue weighted by atomic mass is 16.5. The molecule has 0 aliphatic carbocycles. The van der Waals surface area contributed by atoms with Crippen molar-refractivity contribution < 1.29 is 9.53 Å². The number of urea groups is 1. The standard InChI is InChI=1S/C18H18N4O3/c1-22-17(23)15-6-4-3-5-14(15)16(21-22)11-19-18(24)20-12-7-9-13(25-2)10-8-12/h3-10H,11H2,1-2H3,(H2,19,20,24). The molecular formula is C18H18N4O3. The van der Waals surface area contributed by atoms with E-state index >= 15 is 0 Å². The Labute approximate surface area is 144 Å². The highest BCUT2D eigenvalue weighted by molar-refractivity contribution is 5.90. The third-order valence-electron chi connectivity index (χ3n) is 3.80. The fraction of sp³-hybridized carbons (Fsp3) is 0.167. The summed E-state index contributed by atoms with van der Waals surface area (Å²) in [5, 5.41) is 11.0. The number of nitrogens with zero attached hydrogens (tertiary/aromatic N) is 2. The van der Waals surface area contributed by atoms with Gasteiger partial charge in [-0.3, -0.25) is 4.79 Å². The Morgan fingerprint density at radius 2 is 1.80 bits per heavy atom. The smallest absolute Gasteiger partial charge is 0.319 e. The predicted molar refractivity (Wildman–Crippen MR) is 95.8 cm³/mol. The van der Waals surface area contributed by atoms with Crippen LogP contribution in [0.15, 0.2) is 53.3 Å². The van der Waals surface area contributed by atoms with Crippen LogP contribution in [0.1, 0.15) is 5.69 Å². The Hall–Kier alpha value is -3.35. The Kier molecular flexibility index (Phi) is 4.65. The molecule has 3 rings (SSSR count). The maximum atomic E-state index is 12.1. The summed E-state index contributed by atoms with van der Waals surface area (Å²) in [5.74, 6) is 0.715. The molecule has 0 radical (unpaired) electrons. The minimum atomic E-state index is -0.357. The van der Waals surface area contributed by atoms with E-state index in [4.69, 9.17) is 4.74 Å². The van der Waals surface area contributed by atoms with Gasteiger partial charge in [0.25, 0.3) is 5.56 Å². The van der Waals surface area contributed by atoms with Crippen molar-refractivity contribution in [3.8, 4) is 5.75 Å². The van der Waals surface area contributed by atoms with E-state index in [2.05, 4.69) is 15.7 Å². The summed E-state index contributed by atoms with van der Waals surface area (Å²) in [4.78, 5) is 24.2. The van der Waals surface area contributed by atoms with Crippen LogP contribution in [0.25, 0.3) is 10.8 Å². The van der Waals surface area contributed by atoms with E-state index in [9.17, 15) is 9.59 Å². The molecule has 0 aliphatic rings. The van der Waals surface area contributed by atoms with Gasteiger partial charge in [-0.2, -0.15) is 5.10 Å². The molecule has 0 fully saturated rings. The lowest BCUT2D eigenvalue weighted by Crippen LogP contribution is -2.30. The summed E-state index contributed by atoms with van der Waals surface area (Å²) >= 11 is 0. The van der Waals surface area contributed by atoms with Gasteiger partial charge in [0.1, 0.15) is 5.75 Å². The second-order valence-corrected chi connectivity index (χ2v) is 5.46. The third-order valence-corrected chi connectivity index (χ3v) is 3.80. The summed E-state index contributed by atoms with van der Waals surface area (Å²) in [6.07, 6.45) is 0. The highest BCUT2D eigenvalue weighted by Gasteiger charge is 2.09. The van der Waals surface area contributed by atoms with Crippen molar-refractivity contribution in [1.82, 2.24) is 15.1 Å². The molecule has 3 aromatic rings. The molecule has 0 atom stereocenters. The predicted octanol–water partition coefficient (Wildman–Crippen LogP) is 2.26. The molecule has 0 saturated carbocycles. The molecule has 0 spiro atoms. The van der Waals surface area contributed by atoms with Crippen molar-refractivity contribution in [1.29, 1.82) is 0 Å². The number of fused-ring (bicyclic) bond motifs is 1. The Morgan fingerprint density at radius 1 is 1.12 bits per heavy atom. The van der Waals surface area contributed by atoms with Crippen molar-refractivity contribution in [2.24, 2.45) is 7.05 Å². The van der Waals surface area contributed by atoms with Gasteiger partial charge < -0.3 is 15.4 Å². The van der Waals surface area contributed by atoms with E-state index in [1.54, 1.807) is 50.6 Å². The minimum Gasteiger partial charge on any atom is -0.497 e. The summed E-state index contributed by atoms with van der Waals surface area (Å²) < 4.78 is 6.36. The lowest BCUT2D eigenvalue weighted by atomic mass is 10.1. The van der Waals surface area contributed by atoms with Crippen LogP contribution in [-0.4, -0.2) is 22.9 Å². The van der Waals surface area contributed by atoms with Gasteiger partial charge in [0, 0.05) is 18.1 Å². The number of aromatic nitrogens is 2. The van der Waals surface area contributed by atoms with Crippen molar-refractivity contribution in [3.63, 3.8) is 0 Å². The zero-order valence-corrected chi connectivity index (χ0v) is 13.9. The van der Waals surface area contributed by atoms with Gasteiger partial charge in [-0.25, -0.2) is 9.48 Å². The van der Waals surface area contributed by atoms with E-state index in [0.717, 1.165) is 5.39 Å². The van der Waals surface area contributed by atoms with E-state index in [1.165, 1.54) is 4.68 Å². The largest absolute Gasteiger partial charge is 0.497 e. The molecule has 0 bridgehead atoms. The molecule has 1 heterocycles. The number of benzene rings is 2. The average molecular weight is 338 g/mol. The zero-order valence-electron chi connectivity index (χ0n) is 13.9. The number of methoxy groups -OCH3 is 1. The zero-order chi connectivity index (χ0) is 17.8. The van der Waals surface area contributed by atoms with Gasteiger partial charge in [-0.05, 0) is 30.3 Å². The Bertz CT molecular complexity index is 964. The van der Waals surface area contributed by atoms with Gasteiger partial charge in [-0.1, -0.05) is 18.2 Å². The molecule has 2 aromatic carbocycles. The molecule has 2 N–H and O–H groups in total. The van der Waals surface area contributed by atoms with Crippen LogP contribution in [0.2, 0.25) is 0 Å². The van der Waals surface area contributed by atoms with Crippen LogP contribution in [0.5, 0.6) is 5.75 Å². The second-order valence-electron chi connectivity index (χ2n) is 5.46. The first-order valence-electron chi connectivity index (χ1n) is 7.72. The lowest BCUT2D eigenvalue weighted by Gasteiger charge is -2.10. The van der Waals surface area contributed by atoms with Gasteiger partial charge in [0.2, 0.25) is 0 Å². The van der Waals surface area contributed by atoms with Crippen LogP contribution < -0.4 is 20.9 Å². The summed E-state index contributed by atoms with van der Waals surface area (Å²) in [5.41, 5.74) is 1.11. The fourth-order valence-corrected chi connectivity index (χ4v) is 2.52. The molecule has 1 aromatic heterocycles. The molecule has 0 aliphatic heterocycles. The van der Waals surface area contributed by atoms with Crippen molar-refractivity contribution in [2.75, 3.05) is 12.4 Å². The number of amides is 2. The van der Waals surface area contributed by atoms with Gasteiger partial charge in [0.05, 0.1) is 24.7 Å². The van der Waals surface area contributed by atoms with E-state index < -0.39 is 0 Å². The number of carbonyl (C=O) groups is 1. The Morgan fingerprint density at radius 3 is 2.48 bits per heavy atom. The highest BCUT2D eigenvalue weighted by Crippen LogP contribution is 2.15. The fourth-order valence-electron chi connectivity index (χ4n) is 2.52. The molecule has 2 amide bonds. The second kappa shape index (κ2) is 7.04. The third kappa shape index (κ3) is 3.60. The number of rotatable bonds is 4. The molecule has 128 valence electrons. The van der Waals surface area contributed by atoms with Crippen LogP contribution in [0.4, 0.5) is 10.5 Å². The first-order chi connectivity index (χ1) is 12.1. The van der Waals surface area contributed by atoms with Crippen molar-refractivity contribution >= 4 is 22.5 Å². The number of nitrogens with one attached hydrogen (secondary N) is 2. The lowest BCUT2D eigenvalue weighted by molar-refractivity contribution is 0.251. The average Bonchev–Trinajstić information content (AvgIpc) is 2.64. The first kappa shape index (κ1) is 16.5. The number of carbonyl (C=O) groups excluding carboxylic acids is 1. The summed E-state index contributed by atoms with van der Waals surface area (Å²) in [7, 11) is 3.18. The van der Waals surface area contributed by atoms with Crippen molar-refractivity contribution in [3.05, 3.63) is 64.6 Å². The first-order valence-corrected chi connectivity index (χ1v) is 7.72. The number of aryl methyl sites for hydroxylation is 1. The number of ether oxygens (including phenoxy) is 1. The monoisotopic (exact) mass is 338 g/mol. The maximum Gasteiger partial charge on any atom is 0.319 e. The summed E-state index contributed by atoms with van der Waals surface area (Å²) in [6, 6.07) is 13.9. The quantitative estimate of drug-likeness (QED) is 0.764. The SMILES string of the molecule is COc1ccc(NC(=O)NCc2nn(C)c(=O)c3ccccc23)cc1. The van der Waals surface area contributed by atoms with Crippen LogP contribution in [0, 0.1) is 0 Å². The van der Waals surface area contributed by atoms with E-state index in [0.29, 0.717) is 22.5 Å².